The van der Waals surface area contributed by atoms with Crippen LogP contribution in [0.3, 0.4) is 0 Å². The molecule has 2 heterocycles. The van der Waals surface area contributed by atoms with Gasteiger partial charge in [-0.15, -0.1) is 10.2 Å². The molecular formula is C25H20FN3O2. The van der Waals surface area contributed by atoms with Crippen LogP contribution in [0.2, 0.25) is 0 Å². The number of fused-ring (bicyclic) bond motifs is 3. The Hall–Kier alpha value is -3.93. The van der Waals surface area contributed by atoms with Crippen molar-refractivity contribution in [3.8, 4) is 34.0 Å². The molecule has 0 fully saturated rings. The molecule has 0 aromatic heterocycles. The van der Waals surface area contributed by atoms with Gasteiger partial charge in [-0.2, -0.15) is 0 Å². The molecule has 154 valence electrons. The molecule has 0 unspecified atom stereocenters. The Bertz CT molecular complexity index is 1350. The molecular weight excluding hydrogens is 393 g/mol. The number of aromatic nitrogens is 3. The van der Waals surface area contributed by atoms with E-state index in [9.17, 15) is 4.39 Å². The Balaban J connectivity index is 1.79. The molecule has 0 aliphatic carbocycles. The van der Waals surface area contributed by atoms with E-state index in [0.29, 0.717) is 18.0 Å². The highest BCUT2D eigenvalue weighted by atomic mass is 19.1. The van der Waals surface area contributed by atoms with Gasteiger partial charge in [0.2, 0.25) is 0 Å². The molecule has 5 rings (SSSR count). The quantitative estimate of drug-likeness (QED) is 0.387. The molecule has 6 heteroatoms. The lowest BCUT2D eigenvalue weighted by Crippen LogP contribution is -2.05. The number of nitrogens with zero attached hydrogens (tertiary/aromatic N) is 3. The minimum Gasteiger partial charge on any atom is -0.493 e. The van der Waals surface area contributed by atoms with Gasteiger partial charge in [0.1, 0.15) is 17.2 Å². The summed E-state index contributed by atoms with van der Waals surface area (Å²) in [5, 5.41) is 9.87. The van der Waals surface area contributed by atoms with Gasteiger partial charge in [-0.05, 0) is 23.8 Å². The lowest BCUT2D eigenvalue weighted by Gasteiger charge is -2.17. The van der Waals surface area contributed by atoms with Gasteiger partial charge in [0, 0.05) is 35.3 Å². The van der Waals surface area contributed by atoms with Crippen LogP contribution in [-0.2, 0) is 6.54 Å². The third-order valence-corrected chi connectivity index (χ3v) is 5.40. The highest BCUT2D eigenvalue weighted by Crippen LogP contribution is 2.40. The minimum atomic E-state index is -0.260. The summed E-state index contributed by atoms with van der Waals surface area (Å²) in [5.41, 5.74) is 5.25. The number of benzene rings is 3. The van der Waals surface area contributed by atoms with Crippen molar-refractivity contribution in [3.05, 3.63) is 84.3 Å². The van der Waals surface area contributed by atoms with Crippen LogP contribution >= 0.6 is 0 Å². The smallest absolute Gasteiger partial charge is 0.162 e. The molecule has 2 aliphatic rings. The molecule has 31 heavy (non-hydrogen) atoms. The van der Waals surface area contributed by atoms with Gasteiger partial charge in [-0.25, -0.2) is 4.39 Å². The van der Waals surface area contributed by atoms with Crippen molar-refractivity contribution >= 4 is 10.9 Å². The van der Waals surface area contributed by atoms with E-state index in [1.54, 1.807) is 26.4 Å². The fraction of sp³-hybridized carbons (Fsp3) is 0.120. The average molecular weight is 413 g/mol. The van der Waals surface area contributed by atoms with Crippen molar-refractivity contribution in [2.45, 2.75) is 6.54 Å². The Morgan fingerprint density at radius 2 is 1.58 bits per heavy atom. The zero-order valence-corrected chi connectivity index (χ0v) is 17.2. The van der Waals surface area contributed by atoms with Crippen LogP contribution in [0.25, 0.3) is 33.4 Å². The summed E-state index contributed by atoms with van der Waals surface area (Å²) in [5.74, 6) is 0.971. The predicted molar refractivity (Wildman–Crippen MR) is 118 cm³/mol. The summed E-state index contributed by atoms with van der Waals surface area (Å²) >= 11 is 0. The van der Waals surface area contributed by atoms with Crippen molar-refractivity contribution in [3.63, 3.8) is 0 Å². The Kier molecular flexibility index (Phi) is 4.75. The summed E-state index contributed by atoms with van der Waals surface area (Å²) < 4.78 is 26.9. The van der Waals surface area contributed by atoms with Gasteiger partial charge >= 0.3 is 0 Å². The van der Waals surface area contributed by atoms with Gasteiger partial charge in [-0.1, -0.05) is 42.5 Å². The van der Waals surface area contributed by atoms with Crippen LogP contribution in [0.4, 0.5) is 4.39 Å². The van der Waals surface area contributed by atoms with Crippen molar-refractivity contribution in [2.75, 3.05) is 14.2 Å². The lowest BCUT2D eigenvalue weighted by atomic mass is 10.0. The SMILES string of the molecule is COc1cc2c3nnc(-c4ccccc4)c-3cn(Cc3cccc(F)c3)c2cc1OC. The van der Waals surface area contributed by atoms with Crippen LogP contribution in [0.15, 0.2) is 72.9 Å². The summed E-state index contributed by atoms with van der Waals surface area (Å²) in [6, 6.07) is 20.4. The first-order valence-corrected chi connectivity index (χ1v) is 9.89. The number of halogens is 1. The van der Waals surface area contributed by atoms with Crippen LogP contribution in [0.5, 0.6) is 11.5 Å². The molecule has 0 saturated carbocycles. The van der Waals surface area contributed by atoms with Gasteiger partial charge in [-0.3, -0.25) is 0 Å². The second kappa shape index (κ2) is 7.72. The zero-order chi connectivity index (χ0) is 21.4. The summed E-state index contributed by atoms with van der Waals surface area (Å²) in [4.78, 5) is 0. The normalized spacial score (nSPS) is 11.2. The molecule has 0 bridgehead atoms. The second-order valence-electron chi connectivity index (χ2n) is 7.29. The van der Waals surface area contributed by atoms with Crippen molar-refractivity contribution in [1.29, 1.82) is 0 Å². The van der Waals surface area contributed by atoms with Crippen molar-refractivity contribution < 1.29 is 13.9 Å². The van der Waals surface area contributed by atoms with E-state index in [0.717, 1.165) is 39.0 Å². The predicted octanol–water partition coefficient (Wildman–Crippen LogP) is 5.41. The van der Waals surface area contributed by atoms with E-state index in [-0.39, 0.29) is 5.82 Å². The average Bonchev–Trinajstić information content (AvgIpc) is 3.23. The third kappa shape index (κ3) is 3.36. The Morgan fingerprint density at radius 3 is 2.32 bits per heavy atom. The summed E-state index contributed by atoms with van der Waals surface area (Å²) in [6.45, 7) is 0.485. The highest BCUT2D eigenvalue weighted by molar-refractivity contribution is 5.99. The van der Waals surface area contributed by atoms with Crippen LogP contribution in [0.1, 0.15) is 5.56 Å². The van der Waals surface area contributed by atoms with E-state index in [4.69, 9.17) is 9.47 Å². The first-order chi connectivity index (χ1) is 15.2. The molecule has 2 aliphatic heterocycles. The van der Waals surface area contributed by atoms with Crippen LogP contribution in [-0.4, -0.2) is 29.0 Å². The highest BCUT2D eigenvalue weighted by Gasteiger charge is 2.22. The van der Waals surface area contributed by atoms with Gasteiger partial charge < -0.3 is 14.0 Å². The molecule has 0 spiro atoms. The van der Waals surface area contributed by atoms with Crippen LogP contribution < -0.4 is 9.47 Å². The topological polar surface area (TPSA) is 49.2 Å². The maximum atomic E-state index is 13.8. The number of ether oxygens (including phenoxy) is 2. The Morgan fingerprint density at radius 1 is 0.839 bits per heavy atom. The molecule has 0 saturated heterocycles. The number of hydrogen-bond donors (Lipinski definition) is 0. The van der Waals surface area contributed by atoms with Crippen LogP contribution in [0, 0.1) is 5.82 Å². The number of methoxy groups -OCH3 is 2. The first kappa shape index (κ1) is 19.1. The largest absolute Gasteiger partial charge is 0.493 e. The van der Waals surface area contributed by atoms with Gasteiger partial charge in [0.15, 0.2) is 11.5 Å². The number of rotatable bonds is 5. The maximum absolute atomic E-state index is 13.8. The van der Waals surface area contributed by atoms with Crippen molar-refractivity contribution in [1.82, 2.24) is 14.8 Å². The molecule has 0 atom stereocenters. The Labute approximate surface area is 179 Å². The number of pyridine rings is 1. The monoisotopic (exact) mass is 413 g/mol. The fourth-order valence-electron chi connectivity index (χ4n) is 3.93. The number of hydrogen-bond acceptors (Lipinski definition) is 4. The van der Waals surface area contributed by atoms with Crippen molar-refractivity contribution in [2.24, 2.45) is 0 Å². The third-order valence-electron chi connectivity index (χ3n) is 5.40. The summed E-state index contributed by atoms with van der Waals surface area (Å²) in [6.07, 6.45) is 2.02. The lowest BCUT2D eigenvalue weighted by molar-refractivity contribution is 0.355. The van der Waals surface area contributed by atoms with E-state index < -0.39 is 0 Å². The van der Waals surface area contributed by atoms with Gasteiger partial charge in [0.05, 0.1) is 19.7 Å². The van der Waals surface area contributed by atoms with E-state index in [2.05, 4.69) is 14.8 Å². The molecule has 3 aromatic carbocycles. The molecule has 5 nitrogen and oxygen atoms in total. The fourth-order valence-corrected chi connectivity index (χ4v) is 3.93. The van der Waals surface area contributed by atoms with E-state index in [1.807, 2.05) is 54.7 Å². The molecule has 0 amide bonds. The summed E-state index contributed by atoms with van der Waals surface area (Å²) in [7, 11) is 3.21. The second-order valence-corrected chi connectivity index (χ2v) is 7.29. The first-order valence-electron chi connectivity index (χ1n) is 9.89. The van der Waals surface area contributed by atoms with E-state index in [1.165, 1.54) is 6.07 Å². The maximum Gasteiger partial charge on any atom is 0.162 e. The molecule has 0 radical (unpaired) electrons. The van der Waals surface area contributed by atoms with Gasteiger partial charge in [0.25, 0.3) is 0 Å². The standard InChI is InChI=1S/C25H20FN3O2/c1-30-22-12-19-21(13-23(22)31-2)29(14-16-7-6-10-18(26)11-16)15-20-24(27-28-25(19)20)17-8-4-3-5-9-17/h3-13,15H,14H2,1-2H3. The minimum absolute atomic E-state index is 0.260. The zero-order valence-electron chi connectivity index (χ0n) is 17.2. The van der Waals surface area contributed by atoms with E-state index >= 15 is 0 Å². The molecule has 0 N–H and O–H groups in total. The molecule has 3 aromatic rings.